The van der Waals surface area contributed by atoms with Gasteiger partial charge in [0.2, 0.25) is 0 Å². The lowest BCUT2D eigenvalue weighted by atomic mass is 9.94. The maximum atomic E-state index is 6.27. The number of hydrogen-bond donors (Lipinski definition) is 0. The zero-order chi connectivity index (χ0) is 45.7. The van der Waals surface area contributed by atoms with Gasteiger partial charge in [-0.3, -0.25) is 0 Å². The second-order valence-electron chi connectivity index (χ2n) is 17.7. The van der Waals surface area contributed by atoms with Gasteiger partial charge in [0.15, 0.2) is 0 Å². The maximum absolute atomic E-state index is 6.27. The van der Waals surface area contributed by atoms with E-state index in [4.69, 9.17) is 4.42 Å². The molecule has 0 saturated carbocycles. The van der Waals surface area contributed by atoms with Crippen LogP contribution in [0.2, 0.25) is 0 Å². The predicted molar refractivity (Wildman–Crippen MR) is 290 cm³/mol. The second-order valence-corrected chi connectivity index (χ2v) is 17.7. The molecule has 0 atom stereocenters. The van der Waals surface area contributed by atoms with E-state index in [1.165, 1.54) is 60.8 Å². The molecule has 0 saturated heterocycles. The van der Waals surface area contributed by atoms with Gasteiger partial charge >= 0.3 is 0 Å². The summed E-state index contributed by atoms with van der Waals surface area (Å²) in [4.78, 5) is 2.35. The molecule has 13 rings (SSSR count). The number of benzene rings is 11. The van der Waals surface area contributed by atoms with E-state index in [0.717, 1.165) is 61.4 Å². The largest absolute Gasteiger partial charge is 0.456 e. The molecule has 2 aromatic heterocycles. The molecule has 0 N–H and O–H groups in total. The Hall–Kier alpha value is -9.18. The van der Waals surface area contributed by atoms with Gasteiger partial charge in [-0.15, -0.1) is 0 Å². The Kier molecular flexibility index (Phi) is 9.84. The zero-order valence-electron chi connectivity index (χ0n) is 37.7. The first kappa shape index (κ1) is 40.1. The first-order valence-corrected chi connectivity index (χ1v) is 23.6. The summed E-state index contributed by atoms with van der Waals surface area (Å²) in [5.74, 6) is 0. The summed E-state index contributed by atoms with van der Waals surface area (Å²) in [6, 6.07) is 96.0. The van der Waals surface area contributed by atoms with Gasteiger partial charge in [-0.05, 0) is 141 Å². The van der Waals surface area contributed by atoms with Crippen molar-refractivity contribution in [1.29, 1.82) is 0 Å². The van der Waals surface area contributed by atoms with E-state index in [1.54, 1.807) is 0 Å². The van der Waals surface area contributed by atoms with Crippen LogP contribution in [0.1, 0.15) is 0 Å². The molecule has 0 aliphatic rings. The van der Waals surface area contributed by atoms with Gasteiger partial charge in [-0.25, -0.2) is 0 Å². The maximum Gasteiger partial charge on any atom is 0.136 e. The number of anilines is 3. The summed E-state index contributed by atoms with van der Waals surface area (Å²) in [6.07, 6.45) is 0. The Labute approximate surface area is 401 Å². The van der Waals surface area contributed by atoms with Crippen molar-refractivity contribution in [3.63, 3.8) is 0 Å². The van der Waals surface area contributed by atoms with Gasteiger partial charge < -0.3 is 13.9 Å². The summed E-state index contributed by atoms with van der Waals surface area (Å²) >= 11 is 0. The van der Waals surface area contributed by atoms with Crippen LogP contribution < -0.4 is 4.90 Å². The van der Waals surface area contributed by atoms with Gasteiger partial charge in [-0.1, -0.05) is 182 Å². The van der Waals surface area contributed by atoms with E-state index < -0.39 is 0 Å². The first-order valence-electron chi connectivity index (χ1n) is 23.6. The Bertz CT molecular complexity index is 3920. The van der Waals surface area contributed by atoms with Crippen LogP contribution >= 0.6 is 0 Å². The molecule has 0 aliphatic heterocycles. The molecular formula is C66H44N2O. The number of furan rings is 1. The quantitative estimate of drug-likeness (QED) is 0.144. The molecule has 0 spiro atoms. The SMILES string of the molecule is c1ccc(-c2ccccc2-c2ccc(N(c3ccc(-c4cccc(-c5ccc(-n6c7ccccc7c7ccccc76)cc5)c4)cc3)c3ccc(-c4ccc5c(c4)oc4ccccc45)cc3)cc2)cc1. The number of fused-ring (bicyclic) bond motifs is 6. The fourth-order valence-corrected chi connectivity index (χ4v) is 10.2. The molecule has 0 aliphatic carbocycles. The molecule has 324 valence electrons. The van der Waals surface area contributed by atoms with Crippen LogP contribution in [-0.2, 0) is 0 Å². The molecule has 69 heavy (non-hydrogen) atoms. The van der Waals surface area contributed by atoms with Crippen LogP contribution in [0.4, 0.5) is 17.1 Å². The number of rotatable bonds is 9. The summed E-state index contributed by atoms with van der Waals surface area (Å²) in [7, 11) is 0. The fraction of sp³-hybridized carbons (Fsp3) is 0. The van der Waals surface area contributed by atoms with Crippen LogP contribution in [0.25, 0.3) is 105 Å². The van der Waals surface area contributed by atoms with Crippen molar-refractivity contribution in [2.24, 2.45) is 0 Å². The molecular weight excluding hydrogens is 837 g/mol. The topological polar surface area (TPSA) is 21.3 Å². The first-order chi connectivity index (χ1) is 34.2. The van der Waals surface area contributed by atoms with Crippen molar-refractivity contribution in [2.75, 3.05) is 4.90 Å². The molecule has 13 aromatic rings. The van der Waals surface area contributed by atoms with E-state index in [0.29, 0.717) is 0 Å². The number of para-hydroxylation sites is 3. The lowest BCUT2D eigenvalue weighted by molar-refractivity contribution is 0.669. The molecule has 0 bridgehead atoms. The zero-order valence-corrected chi connectivity index (χ0v) is 37.7. The minimum atomic E-state index is 0.896. The van der Waals surface area contributed by atoms with Gasteiger partial charge in [0.1, 0.15) is 11.2 Å². The lowest BCUT2D eigenvalue weighted by Gasteiger charge is -2.26. The van der Waals surface area contributed by atoms with Gasteiger partial charge in [0.05, 0.1) is 11.0 Å². The highest BCUT2D eigenvalue weighted by Crippen LogP contribution is 2.41. The average Bonchev–Trinajstić information content (AvgIpc) is 3.97. The molecule has 11 aromatic carbocycles. The van der Waals surface area contributed by atoms with Crippen molar-refractivity contribution < 1.29 is 4.42 Å². The highest BCUT2D eigenvalue weighted by Gasteiger charge is 2.17. The molecule has 3 nitrogen and oxygen atoms in total. The third kappa shape index (κ3) is 7.25. The van der Waals surface area contributed by atoms with Crippen molar-refractivity contribution in [3.8, 4) is 61.3 Å². The highest BCUT2D eigenvalue weighted by atomic mass is 16.3. The normalized spacial score (nSPS) is 11.5. The third-order valence-electron chi connectivity index (χ3n) is 13.6. The van der Waals surface area contributed by atoms with E-state index >= 15 is 0 Å². The summed E-state index contributed by atoms with van der Waals surface area (Å²) in [5, 5.41) is 4.81. The molecule has 0 amide bonds. The Balaban J connectivity index is 0.829. The summed E-state index contributed by atoms with van der Waals surface area (Å²) < 4.78 is 8.64. The van der Waals surface area contributed by atoms with Gasteiger partial charge in [-0.2, -0.15) is 0 Å². The van der Waals surface area contributed by atoms with Crippen LogP contribution in [0.5, 0.6) is 0 Å². The number of nitrogens with zero attached hydrogens (tertiary/aromatic N) is 2. The van der Waals surface area contributed by atoms with Crippen LogP contribution in [0.15, 0.2) is 271 Å². The number of aromatic nitrogens is 1. The second kappa shape index (κ2) is 16.9. The minimum absolute atomic E-state index is 0.896. The molecule has 0 radical (unpaired) electrons. The van der Waals surface area contributed by atoms with Gasteiger partial charge in [0, 0.05) is 44.3 Å². The molecule has 3 heteroatoms. The fourth-order valence-electron chi connectivity index (χ4n) is 10.2. The molecule has 0 fully saturated rings. The molecule has 0 unspecified atom stereocenters. The Morgan fingerprint density at radius 2 is 0.667 bits per heavy atom. The monoisotopic (exact) mass is 880 g/mol. The minimum Gasteiger partial charge on any atom is -0.456 e. The molecule has 2 heterocycles. The van der Waals surface area contributed by atoms with Crippen LogP contribution in [0, 0.1) is 0 Å². The number of hydrogen-bond acceptors (Lipinski definition) is 2. The predicted octanol–water partition coefficient (Wildman–Crippen LogP) is 18.5. The van der Waals surface area contributed by atoms with E-state index in [9.17, 15) is 0 Å². The van der Waals surface area contributed by atoms with Crippen LogP contribution in [-0.4, -0.2) is 4.57 Å². The summed E-state index contributed by atoms with van der Waals surface area (Å²) in [5.41, 5.74) is 20.3. The Morgan fingerprint density at radius 1 is 0.261 bits per heavy atom. The van der Waals surface area contributed by atoms with Crippen molar-refractivity contribution in [1.82, 2.24) is 4.57 Å². The highest BCUT2D eigenvalue weighted by molar-refractivity contribution is 6.09. The van der Waals surface area contributed by atoms with E-state index in [-0.39, 0.29) is 0 Å². The van der Waals surface area contributed by atoms with E-state index in [1.807, 2.05) is 12.1 Å². The smallest absolute Gasteiger partial charge is 0.136 e. The van der Waals surface area contributed by atoms with Crippen LogP contribution in [0.3, 0.4) is 0 Å². The average molecular weight is 881 g/mol. The van der Waals surface area contributed by atoms with Crippen molar-refractivity contribution in [3.05, 3.63) is 267 Å². The van der Waals surface area contributed by atoms with E-state index in [2.05, 4.69) is 264 Å². The van der Waals surface area contributed by atoms with Crippen molar-refractivity contribution in [2.45, 2.75) is 0 Å². The lowest BCUT2D eigenvalue weighted by Crippen LogP contribution is -2.09. The van der Waals surface area contributed by atoms with Gasteiger partial charge in [0.25, 0.3) is 0 Å². The van der Waals surface area contributed by atoms with Crippen molar-refractivity contribution >= 4 is 60.8 Å². The third-order valence-corrected chi connectivity index (χ3v) is 13.6. The summed E-state index contributed by atoms with van der Waals surface area (Å²) in [6.45, 7) is 0. The Morgan fingerprint density at radius 3 is 1.25 bits per heavy atom. The standard InChI is InChI=1S/C66H44N2O/c1-2-13-48(14-3-1)57-17-4-5-18-58(57)49-31-40-55(41-32-49)67(54-36-27-47(28-37-54)52-33-42-62-61-21-8-11-24-65(61)69-66(62)44-52)53-34-25-45(26-35-53)50-15-12-16-51(43-50)46-29-38-56(39-30-46)68-63-22-9-6-19-59(63)60-20-7-10-23-64(60)68/h1-44H.